The van der Waals surface area contributed by atoms with Crippen LogP contribution in [0.1, 0.15) is 67.6 Å². The molecule has 0 aliphatic heterocycles. The number of nitrogens with one attached hydrogen (secondary N) is 1. The summed E-state index contributed by atoms with van der Waals surface area (Å²) in [5, 5.41) is 6.70. The zero-order valence-electron chi connectivity index (χ0n) is 22.0. The molecular weight excluding hydrogens is 522 g/mol. The van der Waals surface area contributed by atoms with Crippen LogP contribution in [0.4, 0.5) is 14.6 Å². The average molecular weight is 553 g/mol. The highest BCUT2D eigenvalue weighted by atomic mass is 35.5. The third-order valence-electron chi connectivity index (χ3n) is 6.99. The van der Waals surface area contributed by atoms with Gasteiger partial charge in [0.25, 0.3) is 5.91 Å². The second-order valence-electron chi connectivity index (χ2n) is 10.2. The van der Waals surface area contributed by atoms with E-state index in [1.807, 2.05) is 44.2 Å². The molecule has 0 radical (unpaired) electrons. The lowest BCUT2D eigenvalue weighted by molar-refractivity contribution is -0.127. The molecule has 2 heterocycles. The van der Waals surface area contributed by atoms with Crippen molar-refractivity contribution in [3.05, 3.63) is 76.5 Å². The summed E-state index contributed by atoms with van der Waals surface area (Å²) in [6.07, 6.45) is 4.53. The van der Waals surface area contributed by atoms with Crippen molar-refractivity contribution in [1.29, 1.82) is 0 Å². The van der Waals surface area contributed by atoms with Crippen LogP contribution in [0.2, 0.25) is 5.02 Å². The minimum absolute atomic E-state index is 0.00474. The van der Waals surface area contributed by atoms with Crippen molar-refractivity contribution >= 4 is 29.1 Å². The number of rotatable bonds is 6. The summed E-state index contributed by atoms with van der Waals surface area (Å²) in [5.41, 5.74) is 1.12. The largest absolute Gasteiger partial charge is 0.303 e. The molecule has 204 valence electrons. The number of anilines is 1. The number of halogens is 3. The van der Waals surface area contributed by atoms with Gasteiger partial charge in [0.2, 0.25) is 0 Å². The van der Waals surface area contributed by atoms with Gasteiger partial charge in [-0.2, -0.15) is 5.10 Å². The van der Waals surface area contributed by atoms with Crippen LogP contribution in [0.25, 0.3) is 0 Å². The minimum atomic E-state index is -1.22. The van der Waals surface area contributed by atoms with Gasteiger partial charge in [0, 0.05) is 41.6 Å². The molecule has 1 saturated carbocycles. The summed E-state index contributed by atoms with van der Waals surface area (Å²) in [6, 6.07) is 10.4. The predicted molar refractivity (Wildman–Crippen MR) is 147 cm³/mol. The quantitative estimate of drug-likeness (QED) is 0.355. The highest BCUT2D eigenvalue weighted by Crippen LogP contribution is 2.32. The lowest BCUT2D eigenvalue weighted by atomic mass is 9.80. The Balaban J connectivity index is 1.46. The van der Waals surface area contributed by atoms with E-state index in [0.717, 1.165) is 18.4 Å². The Hall–Kier alpha value is -3.57. The number of Topliss-reactive ketones (excluding diaryl/α,β-unsaturated/α-hetero) is 1. The van der Waals surface area contributed by atoms with Crippen LogP contribution in [0.3, 0.4) is 0 Å². The first kappa shape index (κ1) is 28.4. The van der Waals surface area contributed by atoms with Crippen molar-refractivity contribution in [3.63, 3.8) is 0 Å². The maximum atomic E-state index is 15.4. The Kier molecular flexibility index (Phi) is 9.47. The SMILES string of the molecule is CC(C)C(=O)C1CCCCC(Cn2ncc(Cl)c2C(=O)Nc2ncc(C#Cc3ccccc3)cc2F)[C@H](F)C1. The molecule has 3 aromatic rings. The molecule has 1 fully saturated rings. The normalized spacial score (nSPS) is 19.5. The molecule has 1 aromatic carbocycles. The molecule has 1 amide bonds. The molecule has 4 rings (SSSR count). The fraction of sp³-hybridized carbons (Fsp3) is 0.400. The number of alkyl halides is 1. The molecule has 1 aliphatic rings. The molecule has 0 spiro atoms. The molecule has 6 nitrogen and oxygen atoms in total. The van der Waals surface area contributed by atoms with Gasteiger partial charge in [0.05, 0.1) is 11.2 Å². The van der Waals surface area contributed by atoms with E-state index >= 15 is 4.39 Å². The Morgan fingerprint density at radius 3 is 2.56 bits per heavy atom. The van der Waals surface area contributed by atoms with E-state index in [4.69, 9.17) is 11.6 Å². The van der Waals surface area contributed by atoms with Gasteiger partial charge in [0.15, 0.2) is 11.6 Å². The Bertz CT molecular complexity index is 1380. The van der Waals surface area contributed by atoms with E-state index in [0.29, 0.717) is 18.4 Å². The first-order valence-corrected chi connectivity index (χ1v) is 13.5. The predicted octanol–water partition coefficient (Wildman–Crippen LogP) is 6.48. The Labute approximate surface area is 232 Å². The molecule has 3 atom stereocenters. The van der Waals surface area contributed by atoms with Crippen molar-refractivity contribution in [3.8, 4) is 11.8 Å². The number of hydrogen-bond acceptors (Lipinski definition) is 4. The maximum Gasteiger partial charge on any atom is 0.276 e. The van der Waals surface area contributed by atoms with E-state index in [2.05, 4.69) is 27.2 Å². The van der Waals surface area contributed by atoms with Gasteiger partial charge in [-0.05, 0) is 37.5 Å². The number of hydrogen-bond donors (Lipinski definition) is 1. The van der Waals surface area contributed by atoms with Crippen molar-refractivity contribution in [2.24, 2.45) is 17.8 Å². The number of amides is 1. The third-order valence-corrected chi connectivity index (χ3v) is 7.26. The Morgan fingerprint density at radius 1 is 1.13 bits per heavy atom. The van der Waals surface area contributed by atoms with Gasteiger partial charge in [-0.3, -0.25) is 14.3 Å². The van der Waals surface area contributed by atoms with E-state index in [1.54, 1.807) is 0 Å². The summed E-state index contributed by atoms with van der Waals surface area (Å²) in [6.45, 7) is 3.79. The van der Waals surface area contributed by atoms with Crippen LogP contribution in [0.5, 0.6) is 0 Å². The molecule has 9 heteroatoms. The number of carbonyl (C=O) groups excluding carboxylic acids is 2. The first-order chi connectivity index (χ1) is 18.7. The molecule has 2 aromatic heterocycles. The first-order valence-electron chi connectivity index (χ1n) is 13.2. The summed E-state index contributed by atoms with van der Waals surface area (Å²) in [5.74, 6) is 3.24. The average Bonchev–Trinajstić information content (AvgIpc) is 3.28. The van der Waals surface area contributed by atoms with E-state index in [9.17, 15) is 14.0 Å². The maximum absolute atomic E-state index is 15.4. The van der Waals surface area contributed by atoms with Gasteiger partial charge in [-0.1, -0.05) is 68.3 Å². The molecule has 2 unspecified atom stereocenters. The lowest BCUT2D eigenvalue weighted by Crippen LogP contribution is -2.31. The molecule has 1 N–H and O–H groups in total. The number of pyridine rings is 1. The highest BCUT2D eigenvalue weighted by molar-refractivity contribution is 6.34. The Morgan fingerprint density at radius 2 is 1.85 bits per heavy atom. The van der Waals surface area contributed by atoms with Crippen LogP contribution in [0, 0.1) is 35.4 Å². The third kappa shape index (κ3) is 7.30. The summed E-state index contributed by atoms with van der Waals surface area (Å²) in [4.78, 5) is 29.7. The summed E-state index contributed by atoms with van der Waals surface area (Å²) >= 11 is 6.27. The lowest BCUT2D eigenvalue weighted by Gasteiger charge is -2.28. The fourth-order valence-electron chi connectivity index (χ4n) is 4.88. The standard InChI is InChI=1S/C30H31ClF2N4O2/c1-19(2)28(38)22-10-6-7-11-23(25(32)15-22)18-37-27(24(31)17-35-37)30(39)36-29-26(33)14-21(16-34-29)13-12-20-8-4-3-5-9-20/h3-5,8-9,14,16-17,19,22-23,25H,6-7,10-11,15,18H2,1-2H3,(H,34,36,39)/t22?,23?,25-/m1/s1. The van der Waals surface area contributed by atoms with Crippen LogP contribution in [-0.2, 0) is 11.3 Å². The van der Waals surface area contributed by atoms with Crippen LogP contribution in [0.15, 0.2) is 48.8 Å². The van der Waals surface area contributed by atoms with Gasteiger partial charge in [-0.25, -0.2) is 13.8 Å². The van der Waals surface area contributed by atoms with Gasteiger partial charge in [-0.15, -0.1) is 0 Å². The molecule has 0 saturated heterocycles. The minimum Gasteiger partial charge on any atom is -0.303 e. The summed E-state index contributed by atoms with van der Waals surface area (Å²) in [7, 11) is 0. The van der Waals surface area contributed by atoms with Crippen LogP contribution in [-0.4, -0.2) is 32.6 Å². The van der Waals surface area contributed by atoms with Crippen molar-refractivity contribution in [2.75, 3.05) is 5.32 Å². The van der Waals surface area contributed by atoms with E-state index < -0.39 is 23.8 Å². The summed E-state index contributed by atoms with van der Waals surface area (Å²) < 4.78 is 31.5. The van der Waals surface area contributed by atoms with E-state index in [1.165, 1.54) is 23.1 Å². The topological polar surface area (TPSA) is 76.9 Å². The number of ketones is 1. The van der Waals surface area contributed by atoms with Crippen LogP contribution >= 0.6 is 11.6 Å². The molecule has 1 aliphatic carbocycles. The van der Waals surface area contributed by atoms with Crippen molar-refractivity contribution < 1.29 is 18.4 Å². The van der Waals surface area contributed by atoms with Gasteiger partial charge < -0.3 is 5.32 Å². The fourth-order valence-corrected chi connectivity index (χ4v) is 5.10. The van der Waals surface area contributed by atoms with Crippen molar-refractivity contribution in [1.82, 2.24) is 14.8 Å². The second-order valence-corrected chi connectivity index (χ2v) is 10.6. The number of aromatic nitrogens is 3. The van der Waals surface area contributed by atoms with Crippen LogP contribution < -0.4 is 5.32 Å². The number of nitrogens with zero attached hydrogens (tertiary/aromatic N) is 3. The molecule has 0 bridgehead atoms. The van der Waals surface area contributed by atoms with Gasteiger partial charge in [0.1, 0.15) is 17.6 Å². The highest BCUT2D eigenvalue weighted by Gasteiger charge is 2.32. The number of benzene rings is 1. The monoisotopic (exact) mass is 552 g/mol. The zero-order chi connectivity index (χ0) is 27.9. The second kappa shape index (κ2) is 13.0. The smallest absolute Gasteiger partial charge is 0.276 e. The van der Waals surface area contributed by atoms with Crippen molar-refractivity contribution in [2.45, 2.75) is 58.7 Å². The number of carbonyl (C=O) groups is 2. The molecular formula is C30H31ClF2N4O2. The zero-order valence-corrected chi connectivity index (χ0v) is 22.7. The van der Waals surface area contributed by atoms with Gasteiger partial charge >= 0.3 is 0 Å². The van der Waals surface area contributed by atoms with E-state index in [-0.39, 0.29) is 47.1 Å². The molecule has 39 heavy (non-hydrogen) atoms.